The maximum Gasteiger partial charge on any atom is 0.341 e. The summed E-state index contributed by atoms with van der Waals surface area (Å²) >= 11 is 3.14. The first-order chi connectivity index (χ1) is 10.5. The standard InChI is InChI=1S/C15H12BrNO5/c1-21-15(18)12-7-11(16)8-13(17(19)20)14(12)22-9-10-5-3-2-4-6-10/h2-8H,9H2,1H3. The molecule has 0 bridgehead atoms. The van der Waals surface area contributed by atoms with E-state index in [2.05, 4.69) is 20.7 Å². The quantitative estimate of drug-likeness (QED) is 0.458. The highest BCUT2D eigenvalue weighted by Gasteiger charge is 2.25. The molecule has 0 N–H and O–H groups in total. The number of nitro benzene ring substituents is 1. The Labute approximate surface area is 134 Å². The Hall–Kier alpha value is -2.41. The zero-order chi connectivity index (χ0) is 16.1. The van der Waals surface area contributed by atoms with E-state index in [4.69, 9.17) is 4.74 Å². The van der Waals surface area contributed by atoms with Crippen molar-refractivity contribution in [3.8, 4) is 5.75 Å². The molecule has 7 heteroatoms. The molecule has 0 heterocycles. The average molecular weight is 366 g/mol. The van der Waals surface area contributed by atoms with Crippen LogP contribution in [0, 0.1) is 10.1 Å². The van der Waals surface area contributed by atoms with Crippen molar-refractivity contribution in [2.45, 2.75) is 6.61 Å². The van der Waals surface area contributed by atoms with Crippen LogP contribution in [-0.2, 0) is 11.3 Å². The van der Waals surface area contributed by atoms with E-state index >= 15 is 0 Å². The summed E-state index contributed by atoms with van der Waals surface area (Å²) in [7, 11) is 1.20. The largest absolute Gasteiger partial charge is 0.481 e. The van der Waals surface area contributed by atoms with Crippen LogP contribution in [0.15, 0.2) is 46.9 Å². The molecule has 0 aliphatic carbocycles. The second-order valence-corrected chi connectivity index (χ2v) is 5.24. The van der Waals surface area contributed by atoms with Crippen LogP contribution in [0.1, 0.15) is 15.9 Å². The van der Waals surface area contributed by atoms with Gasteiger partial charge < -0.3 is 9.47 Å². The molecule has 2 aromatic carbocycles. The fourth-order valence-electron chi connectivity index (χ4n) is 1.86. The summed E-state index contributed by atoms with van der Waals surface area (Å²) in [5.74, 6) is -0.809. The van der Waals surface area contributed by atoms with Crippen molar-refractivity contribution >= 4 is 27.6 Å². The van der Waals surface area contributed by atoms with Crippen LogP contribution < -0.4 is 4.74 Å². The number of nitro groups is 1. The van der Waals surface area contributed by atoms with Gasteiger partial charge in [-0.05, 0) is 11.6 Å². The van der Waals surface area contributed by atoms with Crippen molar-refractivity contribution in [2.24, 2.45) is 0 Å². The molecular weight excluding hydrogens is 354 g/mol. The van der Waals surface area contributed by atoms with Gasteiger partial charge >= 0.3 is 11.7 Å². The summed E-state index contributed by atoms with van der Waals surface area (Å²) in [6, 6.07) is 11.9. The highest BCUT2D eigenvalue weighted by atomic mass is 79.9. The van der Waals surface area contributed by atoms with E-state index in [1.165, 1.54) is 19.2 Å². The van der Waals surface area contributed by atoms with Crippen LogP contribution >= 0.6 is 15.9 Å². The minimum atomic E-state index is -0.701. The maximum absolute atomic E-state index is 11.8. The molecule has 0 saturated heterocycles. The summed E-state index contributed by atoms with van der Waals surface area (Å²) in [5.41, 5.74) is 0.528. The van der Waals surface area contributed by atoms with Crippen LogP contribution in [0.25, 0.3) is 0 Å². The normalized spacial score (nSPS) is 10.1. The molecule has 22 heavy (non-hydrogen) atoms. The maximum atomic E-state index is 11.8. The second kappa shape index (κ2) is 7.04. The van der Waals surface area contributed by atoms with E-state index in [-0.39, 0.29) is 23.6 Å². The van der Waals surface area contributed by atoms with Gasteiger partial charge in [-0.1, -0.05) is 46.3 Å². The van der Waals surface area contributed by atoms with Crippen molar-refractivity contribution in [3.63, 3.8) is 0 Å². The predicted octanol–water partition coefficient (Wildman–Crippen LogP) is 3.72. The highest BCUT2D eigenvalue weighted by molar-refractivity contribution is 9.10. The number of hydrogen-bond acceptors (Lipinski definition) is 5. The smallest absolute Gasteiger partial charge is 0.341 e. The number of rotatable bonds is 5. The molecule has 0 amide bonds. The molecule has 0 spiro atoms. The molecule has 6 nitrogen and oxygen atoms in total. The number of carbonyl (C=O) groups is 1. The second-order valence-electron chi connectivity index (χ2n) is 4.32. The van der Waals surface area contributed by atoms with Gasteiger partial charge in [-0.15, -0.1) is 0 Å². The molecule has 114 valence electrons. The third-order valence-corrected chi connectivity index (χ3v) is 3.32. The summed E-state index contributed by atoms with van der Waals surface area (Å²) in [6.45, 7) is 0.104. The summed E-state index contributed by atoms with van der Waals surface area (Å²) in [5, 5.41) is 11.2. The van der Waals surface area contributed by atoms with E-state index in [1.807, 2.05) is 30.3 Å². The zero-order valence-corrected chi connectivity index (χ0v) is 13.2. The molecule has 0 aromatic heterocycles. The Kier molecular flexibility index (Phi) is 5.11. The van der Waals surface area contributed by atoms with E-state index in [0.29, 0.717) is 4.47 Å². The molecule has 0 unspecified atom stereocenters. The first-order valence-corrected chi connectivity index (χ1v) is 7.05. The summed E-state index contributed by atoms with van der Waals surface area (Å²) < 4.78 is 10.6. The number of carbonyl (C=O) groups excluding carboxylic acids is 1. The van der Waals surface area contributed by atoms with Crippen LogP contribution in [-0.4, -0.2) is 18.0 Å². The van der Waals surface area contributed by atoms with Gasteiger partial charge in [0, 0.05) is 10.5 Å². The molecule has 0 aliphatic rings. The molecule has 0 fully saturated rings. The number of methoxy groups -OCH3 is 1. The van der Waals surface area contributed by atoms with Gasteiger partial charge in [0.05, 0.1) is 12.0 Å². The number of esters is 1. The molecule has 2 rings (SSSR count). The monoisotopic (exact) mass is 365 g/mol. The fourth-order valence-corrected chi connectivity index (χ4v) is 2.30. The Morgan fingerprint density at radius 2 is 1.95 bits per heavy atom. The van der Waals surface area contributed by atoms with Crippen LogP contribution in [0.2, 0.25) is 0 Å². The number of hydrogen-bond donors (Lipinski definition) is 0. The van der Waals surface area contributed by atoms with Gasteiger partial charge in [0.15, 0.2) is 0 Å². The Morgan fingerprint density at radius 3 is 2.55 bits per heavy atom. The van der Waals surface area contributed by atoms with Gasteiger partial charge in [-0.2, -0.15) is 0 Å². The average Bonchev–Trinajstić information content (AvgIpc) is 2.53. The van der Waals surface area contributed by atoms with Crippen molar-refractivity contribution < 1.29 is 19.2 Å². The van der Waals surface area contributed by atoms with Crippen molar-refractivity contribution in [3.05, 3.63) is 68.2 Å². The third kappa shape index (κ3) is 3.62. The van der Waals surface area contributed by atoms with E-state index < -0.39 is 10.9 Å². The van der Waals surface area contributed by atoms with Crippen LogP contribution in [0.3, 0.4) is 0 Å². The van der Waals surface area contributed by atoms with E-state index in [0.717, 1.165) is 5.56 Å². The number of benzene rings is 2. The highest BCUT2D eigenvalue weighted by Crippen LogP contribution is 2.35. The summed E-state index contributed by atoms with van der Waals surface area (Å²) in [4.78, 5) is 22.4. The van der Waals surface area contributed by atoms with Gasteiger partial charge in [-0.3, -0.25) is 10.1 Å². The molecule has 0 radical (unpaired) electrons. The van der Waals surface area contributed by atoms with E-state index in [1.54, 1.807) is 0 Å². The lowest BCUT2D eigenvalue weighted by molar-refractivity contribution is -0.386. The first-order valence-electron chi connectivity index (χ1n) is 6.26. The number of ether oxygens (including phenoxy) is 2. The first kappa shape index (κ1) is 16.0. The van der Waals surface area contributed by atoms with Crippen LogP contribution in [0.5, 0.6) is 5.75 Å². The lowest BCUT2D eigenvalue weighted by atomic mass is 10.1. The fraction of sp³-hybridized carbons (Fsp3) is 0.133. The minimum absolute atomic E-state index is 0.000457. The lowest BCUT2D eigenvalue weighted by Gasteiger charge is -2.11. The van der Waals surface area contributed by atoms with Gasteiger partial charge in [0.1, 0.15) is 12.2 Å². The lowest BCUT2D eigenvalue weighted by Crippen LogP contribution is -2.08. The minimum Gasteiger partial charge on any atom is -0.481 e. The predicted molar refractivity (Wildman–Crippen MR) is 82.9 cm³/mol. The van der Waals surface area contributed by atoms with Gasteiger partial charge in [0.2, 0.25) is 5.75 Å². The molecule has 0 atom stereocenters. The molecule has 2 aromatic rings. The van der Waals surface area contributed by atoms with Crippen molar-refractivity contribution in [1.82, 2.24) is 0 Å². The van der Waals surface area contributed by atoms with Gasteiger partial charge in [-0.25, -0.2) is 4.79 Å². The Morgan fingerprint density at radius 1 is 1.27 bits per heavy atom. The number of halogens is 1. The van der Waals surface area contributed by atoms with E-state index in [9.17, 15) is 14.9 Å². The number of nitrogens with zero attached hydrogens (tertiary/aromatic N) is 1. The molecule has 0 saturated carbocycles. The van der Waals surface area contributed by atoms with Crippen molar-refractivity contribution in [1.29, 1.82) is 0 Å². The topological polar surface area (TPSA) is 78.7 Å². The van der Waals surface area contributed by atoms with Crippen molar-refractivity contribution in [2.75, 3.05) is 7.11 Å². The Balaban J connectivity index is 2.42. The Bertz CT molecular complexity index is 703. The summed E-state index contributed by atoms with van der Waals surface area (Å²) in [6.07, 6.45) is 0. The molecular formula is C15H12BrNO5. The van der Waals surface area contributed by atoms with Crippen LogP contribution in [0.4, 0.5) is 5.69 Å². The molecule has 0 aliphatic heterocycles. The SMILES string of the molecule is COC(=O)c1cc(Br)cc([N+](=O)[O-])c1OCc1ccccc1. The third-order valence-electron chi connectivity index (χ3n) is 2.86. The zero-order valence-electron chi connectivity index (χ0n) is 11.6. The van der Waals surface area contributed by atoms with Gasteiger partial charge in [0.25, 0.3) is 0 Å².